The molecule has 0 amide bonds. The van der Waals surface area contributed by atoms with Gasteiger partial charge in [-0.25, -0.2) is 22.2 Å². The minimum atomic E-state index is -4.20. The van der Waals surface area contributed by atoms with Gasteiger partial charge in [0.05, 0.1) is 12.8 Å². The van der Waals surface area contributed by atoms with Gasteiger partial charge in [-0.1, -0.05) is 0 Å². The first kappa shape index (κ1) is 12.9. The molecular formula is C7H7ClF2N2O3S. The van der Waals surface area contributed by atoms with E-state index in [0.717, 1.165) is 13.2 Å². The Morgan fingerprint density at radius 1 is 1.56 bits per heavy atom. The first-order valence-corrected chi connectivity index (χ1v) is 6.15. The predicted molar refractivity (Wildman–Crippen MR) is 53.2 cm³/mol. The van der Waals surface area contributed by atoms with Gasteiger partial charge in [0.2, 0.25) is 5.88 Å². The summed E-state index contributed by atoms with van der Waals surface area (Å²) >= 11 is 0. The van der Waals surface area contributed by atoms with Crippen LogP contribution >= 0.6 is 10.7 Å². The van der Waals surface area contributed by atoms with Crippen LogP contribution in [-0.4, -0.2) is 20.5 Å². The highest BCUT2D eigenvalue weighted by Crippen LogP contribution is 2.33. The zero-order valence-corrected chi connectivity index (χ0v) is 9.52. The van der Waals surface area contributed by atoms with Crippen molar-refractivity contribution in [3.05, 3.63) is 11.8 Å². The average Bonchev–Trinajstić information content (AvgIpc) is 2.14. The SMILES string of the molecule is COc1nc(C(F)F)cc(N)c1S(=O)(=O)Cl. The summed E-state index contributed by atoms with van der Waals surface area (Å²) in [5.41, 5.74) is 4.19. The highest BCUT2D eigenvalue weighted by atomic mass is 35.7. The fraction of sp³-hybridized carbons (Fsp3) is 0.286. The van der Waals surface area contributed by atoms with Crippen LogP contribution in [0.2, 0.25) is 0 Å². The second-order valence-corrected chi connectivity index (χ2v) is 5.22. The molecule has 0 radical (unpaired) electrons. The first-order valence-electron chi connectivity index (χ1n) is 3.84. The van der Waals surface area contributed by atoms with Crippen molar-refractivity contribution < 1.29 is 21.9 Å². The molecule has 2 N–H and O–H groups in total. The van der Waals surface area contributed by atoms with E-state index in [-0.39, 0.29) is 0 Å². The van der Waals surface area contributed by atoms with Crippen molar-refractivity contribution in [1.82, 2.24) is 4.98 Å². The second kappa shape index (κ2) is 4.38. The zero-order chi connectivity index (χ0) is 12.5. The monoisotopic (exact) mass is 272 g/mol. The van der Waals surface area contributed by atoms with E-state index < -0.39 is 37.6 Å². The van der Waals surface area contributed by atoms with Gasteiger partial charge in [0.1, 0.15) is 5.69 Å². The number of ether oxygens (including phenoxy) is 1. The summed E-state index contributed by atoms with van der Waals surface area (Å²) in [5.74, 6) is -0.551. The molecule has 0 bridgehead atoms. The number of hydrogen-bond acceptors (Lipinski definition) is 5. The molecule has 0 aliphatic rings. The fourth-order valence-electron chi connectivity index (χ4n) is 1.04. The summed E-state index contributed by atoms with van der Waals surface area (Å²) in [6, 6.07) is 0.739. The van der Waals surface area contributed by atoms with E-state index in [1.807, 2.05) is 0 Å². The maximum absolute atomic E-state index is 12.3. The Hall–Kier alpha value is -1.15. The smallest absolute Gasteiger partial charge is 0.280 e. The number of nitrogen functional groups attached to an aromatic ring is 1. The Bertz CT molecular complexity index is 507. The Morgan fingerprint density at radius 2 is 2.12 bits per heavy atom. The molecule has 0 aliphatic carbocycles. The minimum absolute atomic E-state index is 0.433. The third kappa shape index (κ3) is 2.50. The molecule has 5 nitrogen and oxygen atoms in total. The molecule has 0 saturated heterocycles. The van der Waals surface area contributed by atoms with Crippen LogP contribution in [0.25, 0.3) is 0 Å². The number of nitrogens with zero attached hydrogens (tertiary/aromatic N) is 1. The van der Waals surface area contributed by atoms with Gasteiger partial charge in [-0.15, -0.1) is 0 Å². The van der Waals surface area contributed by atoms with Crippen molar-refractivity contribution in [2.24, 2.45) is 0 Å². The number of hydrogen-bond donors (Lipinski definition) is 1. The van der Waals surface area contributed by atoms with Crippen LogP contribution in [0.15, 0.2) is 11.0 Å². The molecule has 0 aromatic carbocycles. The predicted octanol–water partition coefficient (Wildman–Crippen LogP) is 1.54. The Kier molecular flexibility index (Phi) is 3.54. The molecule has 0 saturated carbocycles. The maximum Gasteiger partial charge on any atom is 0.280 e. The van der Waals surface area contributed by atoms with Crippen molar-refractivity contribution in [2.45, 2.75) is 11.3 Å². The van der Waals surface area contributed by atoms with Crippen LogP contribution in [-0.2, 0) is 9.05 Å². The Morgan fingerprint density at radius 3 is 2.50 bits per heavy atom. The maximum atomic E-state index is 12.3. The van der Waals surface area contributed by atoms with E-state index in [0.29, 0.717) is 0 Å². The van der Waals surface area contributed by atoms with E-state index in [9.17, 15) is 17.2 Å². The standard InChI is InChI=1S/C7H7ClF2N2O3S/c1-15-7-5(16(8,13)14)3(11)2-4(12-7)6(9)10/h2,6H,1H3,(H2,11,12). The highest BCUT2D eigenvalue weighted by Gasteiger charge is 2.25. The van der Waals surface area contributed by atoms with Gasteiger partial charge in [-0.05, 0) is 6.07 Å². The third-order valence-corrected chi connectivity index (χ3v) is 3.01. The molecule has 0 fully saturated rings. The lowest BCUT2D eigenvalue weighted by Gasteiger charge is -2.09. The first-order chi connectivity index (χ1) is 7.27. The number of alkyl halides is 2. The van der Waals surface area contributed by atoms with Gasteiger partial charge in [-0.3, -0.25) is 0 Å². The van der Waals surface area contributed by atoms with E-state index in [1.165, 1.54) is 0 Å². The molecular weight excluding hydrogens is 266 g/mol. The minimum Gasteiger partial charge on any atom is -0.480 e. The fourth-order valence-corrected chi connectivity index (χ4v) is 2.19. The molecule has 1 aromatic rings. The topological polar surface area (TPSA) is 82.3 Å². The van der Waals surface area contributed by atoms with Crippen LogP contribution in [0, 0.1) is 0 Å². The number of pyridine rings is 1. The number of rotatable bonds is 3. The van der Waals surface area contributed by atoms with Gasteiger partial charge in [-0.2, -0.15) is 0 Å². The van der Waals surface area contributed by atoms with Crippen LogP contribution in [0.5, 0.6) is 5.88 Å². The third-order valence-electron chi connectivity index (χ3n) is 1.65. The summed E-state index contributed by atoms with van der Waals surface area (Å²) in [6.07, 6.45) is -2.89. The number of aromatic nitrogens is 1. The lowest BCUT2D eigenvalue weighted by atomic mass is 10.3. The second-order valence-electron chi connectivity index (χ2n) is 2.71. The van der Waals surface area contributed by atoms with Gasteiger partial charge in [0.25, 0.3) is 15.5 Å². The van der Waals surface area contributed by atoms with Gasteiger partial charge in [0, 0.05) is 10.7 Å². The lowest BCUT2D eigenvalue weighted by Crippen LogP contribution is -2.06. The number of anilines is 1. The van der Waals surface area contributed by atoms with Crippen LogP contribution in [0.4, 0.5) is 14.5 Å². The van der Waals surface area contributed by atoms with E-state index in [4.69, 9.17) is 16.4 Å². The van der Waals surface area contributed by atoms with Crippen LogP contribution in [0.3, 0.4) is 0 Å². The van der Waals surface area contributed by atoms with Crippen molar-refractivity contribution in [2.75, 3.05) is 12.8 Å². The molecule has 16 heavy (non-hydrogen) atoms. The molecule has 0 atom stereocenters. The van der Waals surface area contributed by atoms with E-state index >= 15 is 0 Å². The molecule has 90 valence electrons. The van der Waals surface area contributed by atoms with Gasteiger partial charge in [0.15, 0.2) is 4.90 Å². The van der Waals surface area contributed by atoms with E-state index in [1.54, 1.807) is 0 Å². The largest absolute Gasteiger partial charge is 0.480 e. The zero-order valence-electron chi connectivity index (χ0n) is 7.95. The van der Waals surface area contributed by atoms with Gasteiger partial charge >= 0.3 is 0 Å². The Balaban J connectivity index is 3.53. The average molecular weight is 273 g/mol. The van der Waals surface area contributed by atoms with Crippen molar-refractivity contribution >= 4 is 25.4 Å². The molecule has 1 heterocycles. The van der Waals surface area contributed by atoms with Crippen molar-refractivity contribution in [1.29, 1.82) is 0 Å². The number of methoxy groups -OCH3 is 1. The molecule has 0 spiro atoms. The highest BCUT2D eigenvalue weighted by molar-refractivity contribution is 8.14. The van der Waals surface area contributed by atoms with Crippen LogP contribution in [0.1, 0.15) is 12.1 Å². The Labute approximate surface area is 94.6 Å². The van der Waals surface area contributed by atoms with E-state index in [2.05, 4.69) is 9.72 Å². The molecule has 0 aliphatic heterocycles. The quantitative estimate of drug-likeness (QED) is 0.844. The normalized spacial score (nSPS) is 11.8. The van der Waals surface area contributed by atoms with Gasteiger partial charge < -0.3 is 10.5 Å². The van der Waals surface area contributed by atoms with Crippen molar-refractivity contribution in [3.8, 4) is 5.88 Å². The molecule has 9 heteroatoms. The number of halogens is 3. The van der Waals surface area contributed by atoms with Crippen molar-refractivity contribution in [3.63, 3.8) is 0 Å². The molecule has 1 rings (SSSR count). The molecule has 1 aromatic heterocycles. The summed E-state index contributed by atoms with van der Waals surface area (Å²) in [7, 11) is 1.93. The summed E-state index contributed by atoms with van der Waals surface area (Å²) in [5, 5.41) is 0. The summed E-state index contributed by atoms with van der Waals surface area (Å²) in [6.45, 7) is 0. The molecule has 0 unspecified atom stereocenters. The van der Waals surface area contributed by atoms with Crippen LogP contribution < -0.4 is 10.5 Å². The lowest BCUT2D eigenvalue weighted by molar-refractivity contribution is 0.145. The summed E-state index contributed by atoms with van der Waals surface area (Å²) in [4.78, 5) is 2.69. The number of nitrogens with two attached hydrogens (primary N) is 1. The summed E-state index contributed by atoms with van der Waals surface area (Å²) < 4.78 is 51.4.